The van der Waals surface area contributed by atoms with Crippen molar-refractivity contribution in [2.45, 2.75) is 20.3 Å². The van der Waals surface area contributed by atoms with Crippen LogP contribution in [-0.4, -0.2) is 9.97 Å². The van der Waals surface area contributed by atoms with Crippen molar-refractivity contribution in [1.29, 1.82) is 0 Å². The minimum atomic E-state index is 0.720. The lowest BCUT2D eigenvalue weighted by molar-refractivity contribution is 0.941. The smallest absolute Gasteiger partial charge is 0.129 e. The average Bonchev–Trinajstić information content (AvgIpc) is 2.16. The maximum atomic E-state index is 5.91. The number of aromatic nitrogens is 2. The Kier molecular flexibility index (Phi) is 2.38. The molecule has 2 rings (SSSR count). The first-order valence-electron chi connectivity index (χ1n) is 4.63. The van der Waals surface area contributed by atoms with Crippen molar-refractivity contribution < 1.29 is 0 Å². The Labute approximate surface area is 88.0 Å². The minimum absolute atomic E-state index is 0.720. The second-order valence-corrected chi connectivity index (χ2v) is 3.68. The number of hydrogen-bond donors (Lipinski definition) is 0. The molecule has 1 aromatic carbocycles. The summed E-state index contributed by atoms with van der Waals surface area (Å²) in [4.78, 5) is 8.82. The van der Waals surface area contributed by atoms with Crippen LogP contribution < -0.4 is 0 Å². The summed E-state index contributed by atoms with van der Waals surface area (Å²) in [5.41, 5.74) is 1.95. The topological polar surface area (TPSA) is 25.8 Å². The molecule has 0 aliphatic rings. The van der Waals surface area contributed by atoms with Crippen molar-refractivity contribution in [2.75, 3.05) is 0 Å². The number of rotatable bonds is 1. The third-order valence-electron chi connectivity index (χ3n) is 2.21. The predicted octanol–water partition coefficient (Wildman–Crippen LogP) is 3.15. The molecule has 1 aromatic heterocycles. The summed E-state index contributed by atoms with van der Waals surface area (Å²) in [7, 11) is 0. The molecular weight excluding hydrogens is 196 g/mol. The molecule has 0 saturated carbocycles. The Bertz CT molecular complexity index is 480. The summed E-state index contributed by atoms with van der Waals surface area (Å²) >= 11 is 5.91. The van der Waals surface area contributed by atoms with E-state index in [4.69, 9.17) is 11.6 Å². The molecule has 0 aliphatic heterocycles. The van der Waals surface area contributed by atoms with Crippen LogP contribution in [0.5, 0.6) is 0 Å². The number of hydrogen-bond acceptors (Lipinski definition) is 2. The molecule has 3 heteroatoms. The fourth-order valence-corrected chi connectivity index (χ4v) is 1.65. The molecule has 2 aromatic rings. The van der Waals surface area contributed by atoms with Gasteiger partial charge in [0.2, 0.25) is 0 Å². The zero-order valence-corrected chi connectivity index (χ0v) is 8.97. The van der Waals surface area contributed by atoms with Crippen LogP contribution in [0.25, 0.3) is 10.9 Å². The van der Waals surface area contributed by atoms with Gasteiger partial charge in [-0.15, -0.1) is 0 Å². The Balaban J connectivity index is 2.77. The predicted molar refractivity (Wildman–Crippen MR) is 58.7 cm³/mol. The number of halogens is 1. The molecule has 2 nitrogen and oxygen atoms in total. The van der Waals surface area contributed by atoms with Gasteiger partial charge in [-0.05, 0) is 25.1 Å². The lowest BCUT2D eigenvalue weighted by Gasteiger charge is -2.03. The van der Waals surface area contributed by atoms with Crippen LogP contribution in [0.3, 0.4) is 0 Å². The van der Waals surface area contributed by atoms with Crippen LogP contribution in [-0.2, 0) is 6.42 Å². The Morgan fingerprint density at radius 2 is 2.07 bits per heavy atom. The van der Waals surface area contributed by atoms with E-state index in [0.717, 1.165) is 33.9 Å². The van der Waals surface area contributed by atoms with Gasteiger partial charge in [-0.2, -0.15) is 0 Å². The Morgan fingerprint density at radius 3 is 2.79 bits per heavy atom. The van der Waals surface area contributed by atoms with E-state index in [1.165, 1.54) is 0 Å². The van der Waals surface area contributed by atoms with Crippen molar-refractivity contribution in [2.24, 2.45) is 0 Å². The normalized spacial score (nSPS) is 10.8. The van der Waals surface area contributed by atoms with Crippen LogP contribution in [0.1, 0.15) is 18.4 Å². The van der Waals surface area contributed by atoms with Crippen LogP contribution in [0.4, 0.5) is 0 Å². The van der Waals surface area contributed by atoms with Crippen LogP contribution in [0.15, 0.2) is 18.2 Å². The number of fused-ring (bicyclic) bond motifs is 1. The standard InChI is InChI=1S/C11H11ClN2/c1-3-11-13-7(2)9-5-4-8(12)6-10(9)14-11/h4-6H,3H2,1-2H3. The van der Waals surface area contributed by atoms with Gasteiger partial charge in [0.15, 0.2) is 0 Å². The summed E-state index contributed by atoms with van der Waals surface area (Å²) in [5.74, 6) is 0.872. The van der Waals surface area contributed by atoms with E-state index in [9.17, 15) is 0 Å². The first-order valence-corrected chi connectivity index (χ1v) is 5.01. The van der Waals surface area contributed by atoms with Crippen molar-refractivity contribution in [3.63, 3.8) is 0 Å². The average molecular weight is 207 g/mol. The third kappa shape index (κ3) is 1.58. The summed E-state index contributed by atoms with van der Waals surface area (Å²) in [6.45, 7) is 4.04. The van der Waals surface area contributed by atoms with Gasteiger partial charge >= 0.3 is 0 Å². The number of aryl methyl sites for hydroxylation is 2. The van der Waals surface area contributed by atoms with Crippen molar-refractivity contribution in [3.05, 3.63) is 34.7 Å². The fraction of sp³-hybridized carbons (Fsp3) is 0.273. The minimum Gasteiger partial charge on any atom is -0.238 e. The third-order valence-corrected chi connectivity index (χ3v) is 2.45. The first-order chi connectivity index (χ1) is 6.70. The molecule has 0 radical (unpaired) electrons. The summed E-state index contributed by atoms with van der Waals surface area (Å²) in [6, 6.07) is 5.71. The Morgan fingerprint density at radius 1 is 1.29 bits per heavy atom. The molecule has 1 heterocycles. The number of nitrogens with zero attached hydrogens (tertiary/aromatic N) is 2. The van der Waals surface area contributed by atoms with E-state index in [0.29, 0.717) is 0 Å². The highest BCUT2D eigenvalue weighted by Crippen LogP contribution is 2.19. The number of benzene rings is 1. The molecule has 0 saturated heterocycles. The molecule has 14 heavy (non-hydrogen) atoms. The molecule has 0 atom stereocenters. The molecule has 0 fully saturated rings. The maximum absolute atomic E-state index is 5.91. The van der Waals surface area contributed by atoms with Gasteiger partial charge in [0.25, 0.3) is 0 Å². The highest BCUT2D eigenvalue weighted by Gasteiger charge is 2.03. The highest BCUT2D eigenvalue weighted by atomic mass is 35.5. The summed E-state index contributed by atoms with van der Waals surface area (Å²) < 4.78 is 0. The van der Waals surface area contributed by atoms with Crippen LogP contribution >= 0.6 is 11.6 Å². The van der Waals surface area contributed by atoms with E-state index in [1.807, 2.05) is 32.0 Å². The molecular formula is C11H11ClN2. The largest absolute Gasteiger partial charge is 0.238 e. The maximum Gasteiger partial charge on any atom is 0.129 e. The zero-order valence-electron chi connectivity index (χ0n) is 8.21. The molecule has 72 valence electrons. The van der Waals surface area contributed by atoms with Crippen molar-refractivity contribution in [1.82, 2.24) is 9.97 Å². The van der Waals surface area contributed by atoms with E-state index in [2.05, 4.69) is 9.97 Å². The fourth-order valence-electron chi connectivity index (χ4n) is 1.48. The monoisotopic (exact) mass is 206 g/mol. The lowest BCUT2D eigenvalue weighted by atomic mass is 10.2. The molecule has 0 bridgehead atoms. The van der Waals surface area contributed by atoms with Gasteiger partial charge in [0.05, 0.1) is 5.52 Å². The van der Waals surface area contributed by atoms with Gasteiger partial charge in [-0.3, -0.25) is 0 Å². The molecule has 0 N–H and O–H groups in total. The lowest BCUT2D eigenvalue weighted by Crippen LogP contribution is -1.96. The molecule has 0 amide bonds. The van der Waals surface area contributed by atoms with E-state index in [-0.39, 0.29) is 0 Å². The van der Waals surface area contributed by atoms with Crippen molar-refractivity contribution in [3.8, 4) is 0 Å². The van der Waals surface area contributed by atoms with E-state index in [1.54, 1.807) is 0 Å². The molecule has 0 spiro atoms. The van der Waals surface area contributed by atoms with Gasteiger partial charge in [-0.25, -0.2) is 9.97 Å². The van der Waals surface area contributed by atoms with Crippen LogP contribution in [0.2, 0.25) is 5.02 Å². The second-order valence-electron chi connectivity index (χ2n) is 3.24. The van der Waals surface area contributed by atoms with E-state index < -0.39 is 0 Å². The highest BCUT2D eigenvalue weighted by molar-refractivity contribution is 6.31. The first kappa shape index (κ1) is 9.41. The van der Waals surface area contributed by atoms with Gasteiger partial charge in [-0.1, -0.05) is 18.5 Å². The van der Waals surface area contributed by atoms with Crippen LogP contribution in [0, 0.1) is 6.92 Å². The summed E-state index contributed by atoms with van der Waals surface area (Å²) in [6.07, 6.45) is 0.850. The molecule has 0 unspecified atom stereocenters. The SMILES string of the molecule is CCc1nc(C)c2ccc(Cl)cc2n1. The zero-order chi connectivity index (χ0) is 10.1. The van der Waals surface area contributed by atoms with E-state index >= 15 is 0 Å². The van der Waals surface area contributed by atoms with Gasteiger partial charge in [0.1, 0.15) is 5.82 Å². The molecule has 0 aliphatic carbocycles. The van der Waals surface area contributed by atoms with Gasteiger partial charge < -0.3 is 0 Å². The summed E-state index contributed by atoms with van der Waals surface area (Å²) in [5, 5.41) is 1.80. The van der Waals surface area contributed by atoms with Gasteiger partial charge in [0, 0.05) is 22.5 Å². The Hall–Kier alpha value is -1.15. The second kappa shape index (κ2) is 3.54. The quantitative estimate of drug-likeness (QED) is 0.717. The van der Waals surface area contributed by atoms with Crippen molar-refractivity contribution >= 4 is 22.5 Å².